The summed E-state index contributed by atoms with van der Waals surface area (Å²) in [5.74, 6) is 0.0891. The molecule has 0 saturated heterocycles. The van der Waals surface area contributed by atoms with E-state index < -0.39 is 24.4 Å². The number of hydrogen-bond donors (Lipinski definition) is 2. The van der Waals surface area contributed by atoms with Crippen molar-refractivity contribution in [2.75, 3.05) is 12.8 Å². The van der Waals surface area contributed by atoms with Crippen LogP contribution in [-0.2, 0) is 4.74 Å². The van der Waals surface area contributed by atoms with Gasteiger partial charge in [-0.15, -0.1) is 0 Å². The summed E-state index contributed by atoms with van der Waals surface area (Å²) >= 11 is 5.81. The van der Waals surface area contributed by atoms with E-state index in [0.29, 0.717) is 11.2 Å². The zero-order chi connectivity index (χ0) is 17.3. The van der Waals surface area contributed by atoms with Gasteiger partial charge < -0.3 is 20.1 Å². The average molecular weight is 346 g/mol. The zero-order valence-corrected chi connectivity index (χ0v) is 14.2. The molecule has 0 aliphatic heterocycles. The van der Waals surface area contributed by atoms with Crippen LogP contribution in [0.1, 0.15) is 26.8 Å². The molecule has 128 valence electrons. The SMILES string of the molecule is COC(C(C)C)C(O)C(F)C(C)n1cnc2c(N)nc(Cl)nc21. The summed E-state index contributed by atoms with van der Waals surface area (Å²) in [6.45, 7) is 5.33. The number of nitrogens with zero attached hydrogens (tertiary/aromatic N) is 4. The van der Waals surface area contributed by atoms with Crippen LogP contribution < -0.4 is 5.73 Å². The number of imidazole rings is 1. The van der Waals surface area contributed by atoms with Crippen LogP contribution >= 0.6 is 11.6 Å². The lowest BCUT2D eigenvalue weighted by molar-refractivity contribution is -0.0801. The van der Waals surface area contributed by atoms with Crippen molar-refractivity contribution in [3.63, 3.8) is 0 Å². The molecule has 0 spiro atoms. The van der Waals surface area contributed by atoms with E-state index in [0.717, 1.165) is 0 Å². The van der Waals surface area contributed by atoms with Gasteiger partial charge in [0.05, 0.1) is 18.5 Å². The van der Waals surface area contributed by atoms with E-state index in [1.807, 2.05) is 13.8 Å². The van der Waals surface area contributed by atoms with E-state index in [4.69, 9.17) is 22.1 Å². The third-order valence-corrected chi connectivity index (χ3v) is 4.08. The Morgan fingerprint density at radius 1 is 1.35 bits per heavy atom. The minimum absolute atomic E-state index is 0.0348. The predicted molar refractivity (Wildman–Crippen MR) is 86.0 cm³/mol. The zero-order valence-electron chi connectivity index (χ0n) is 13.4. The Morgan fingerprint density at radius 2 is 2.00 bits per heavy atom. The van der Waals surface area contributed by atoms with Gasteiger partial charge in [0.15, 0.2) is 11.5 Å². The van der Waals surface area contributed by atoms with Crippen molar-refractivity contribution >= 4 is 28.6 Å². The molecular weight excluding hydrogens is 325 g/mol. The maximum atomic E-state index is 14.8. The Hall–Kier alpha value is -1.51. The minimum Gasteiger partial charge on any atom is -0.387 e. The highest BCUT2D eigenvalue weighted by Gasteiger charge is 2.35. The molecule has 0 fully saturated rings. The second kappa shape index (κ2) is 6.94. The molecule has 0 bridgehead atoms. The van der Waals surface area contributed by atoms with Gasteiger partial charge in [-0.25, -0.2) is 9.37 Å². The summed E-state index contributed by atoms with van der Waals surface area (Å²) < 4.78 is 21.5. The van der Waals surface area contributed by atoms with Crippen molar-refractivity contribution in [3.05, 3.63) is 11.6 Å². The first-order valence-electron chi connectivity index (χ1n) is 7.28. The van der Waals surface area contributed by atoms with Crippen molar-refractivity contribution in [2.45, 2.75) is 45.2 Å². The van der Waals surface area contributed by atoms with Crippen molar-refractivity contribution < 1.29 is 14.2 Å². The van der Waals surface area contributed by atoms with E-state index >= 15 is 0 Å². The highest BCUT2D eigenvalue weighted by molar-refractivity contribution is 6.28. The van der Waals surface area contributed by atoms with Gasteiger partial charge in [-0.3, -0.25) is 0 Å². The number of aliphatic hydroxyl groups excluding tert-OH is 1. The fourth-order valence-corrected chi connectivity index (χ4v) is 2.81. The molecule has 0 radical (unpaired) electrons. The Bertz CT molecular complexity index is 680. The third-order valence-electron chi connectivity index (χ3n) is 3.91. The van der Waals surface area contributed by atoms with E-state index in [-0.39, 0.29) is 17.0 Å². The van der Waals surface area contributed by atoms with Crippen LogP contribution in [0, 0.1) is 5.92 Å². The fourth-order valence-electron chi connectivity index (χ4n) is 2.63. The summed E-state index contributed by atoms with van der Waals surface area (Å²) in [5, 5.41) is 10.2. The molecule has 0 aliphatic carbocycles. The molecule has 4 unspecified atom stereocenters. The van der Waals surface area contributed by atoms with Gasteiger partial charge in [-0.05, 0) is 24.4 Å². The highest BCUT2D eigenvalue weighted by atomic mass is 35.5. The number of anilines is 1. The predicted octanol–water partition coefficient (Wildman–Crippen LogP) is 1.99. The Labute approximate surface area is 138 Å². The van der Waals surface area contributed by atoms with Gasteiger partial charge >= 0.3 is 0 Å². The molecule has 0 aromatic carbocycles. The third kappa shape index (κ3) is 3.39. The van der Waals surface area contributed by atoms with Gasteiger partial charge in [0, 0.05) is 7.11 Å². The minimum atomic E-state index is -1.59. The molecule has 3 N–H and O–H groups in total. The number of nitrogens with two attached hydrogens (primary N) is 1. The number of rotatable bonds is 6. The summed E-state index contributed by atoms with van der Waals surface area (Å²) in [6, 6.07) is -0.739. The standard InChI is InChI=1S/C14H21ClFN5O2/c1-6(2)11(23-4)10(22)8(16)7(3)21-5-18-9-12(17)19-14(15)20-13(9)21/h5-8,10-11,22H,1-4H3,(H2,17,19,20). The summed E-state index contributed by atoms with van der Waals surface area (Å²) in [6.07, 6.45) is -2.09. The molecule has 0 aliphatic rings. The number of alkyl halides is 1. The van der Waals surface area contributed by atoms with Gasteiger partial charge in [-0.2, -0.15) is 9.97 Å². The molecule has 2 heterocycles. The van der Waals surface area contributed by atoms with Crippen LogP contribution in [0.4, 0.5) is 10.2 Å². The lowest BCUT2D eigenvalue weighted by atomic mass is 9.95. The lowest BCUT2D eigenvalue weighted by Crippen LogP contribution is -2.42. The molecule has 2 rings (SSSR count). The number of aliphatic hydroxyl groups is 1. The summed E-state index contributed by atoms with van der Waals surface area (Å²) in [7, 11) is 1.45. The van der Waals surface area contributed by atoms with Gasteiger partial charge in [-0.1, -0.05) is 13.8 Å². The van der Waals surface area contributed by atoms with Gasteiger partial charge in [0.2, 0.25) is 5.28 Å². The molecule has 0 saturated carbocycles. The quantitative estimate of drug-likeness (QED) is 0.777. The molecule has 9 heteroatoms. The topological polar surface area (TPSA) is 99.1 Å². The number of ether oxygens (including phenoxy) is 1. The van der Waals surface area contributed by atoms with E-state index in [9.17, 15) is 9.50 Å². The Kier molecular flexibility index (Phi) is 5.38. The molecule has 4 atom stereocenters. The number of hydrogen-bond acceptors (Lipinski definition) is 6. The molecular formula is C14H21ClFN5O2. The van der Waals surface area contributed by atoms with E-state index in [2.05, 4.69) is 15.0 Å². The van der Waals surface area contributed by atoms with Crippen LogP contribution in [0.3, 0.4) is 0 Å². The first kappa shape index (κ1) is 17.8. The van der Waals surface area contributed by atoms with E-state index in [1.54, 1.807) is 6.92 Å². The van der Waals surface area contributed by atoms with Crippen LogP contribution in [0.25, 0.3) is 11.2 Å². The van der Waals surface area contributed by atoms with Crippen LogP contribution in [0.5, 0.6) is 0 Å². The molecule has 0 amide bonds. The Balaban J connectivity index is 2.34. The summed E-state index contributed by atoms with van der Waals surface area (Å²) in [4.78, 5) is 12.0. The maximum absolute atomic E-state index is 14.8. The Morgan fingerprint density at radius 3 is 2.57 bits per heavy atom. The number of methoxy groups -OCH3 is 1. The number of aromatic nitrogens is 4. The first-order valence-corrected chi connectivity index (χ1v) is 7.66. The van der Waals surface area contributed by atoms with Crippen molar-refractivity contribution in [1.82, 2.24) is 19.5 Å². The molecule has 23 heavy (non-hydrogen) atoms. The smallest absolute Gasteiger partial charge is 0.226 e. The summed E-state index contributed by atoms with van der Waals surface area (Å²) in [5.41, 5.74) is 6.41. The fraction of sp³-hybridized carbons (Fsp3) is 0.643. The molecule has 2 aromatic heterocycles. The lowest BCUT2D eigenvalue weighted by Gasteiger charge is -2.30. The molecule has 2 aromatic rings. The van der Waals surface area contributed by atoms with Crippen LogP contribution in [-0.4, -0.2) is 50.1 Å². The van der Waals surface area contributed by atoms with E-state index in [1.165, 1.54) is 18.0 Å². The van der Waals surface area contributed by atoms with Crippen molar-refractivity contribution in [2.24, 2.45) is 5.92 Å². The monoisotopic (exact) mass is 345 g/mol. The van der Waals surface area contributed by atoms with Crippen LogP contribution in [0.2, 0.25) is 5.28 Å². The second-order valence-electron chi connectivity index (χ2n) is 5.82. The number of fused-ring (bicyclic) bond motifs is 1. The highest BCUT2D eigenvalue weighted by Crippen LogP contribution is 2.27. The first-order chi connectivity index (χ1) is 10.8. The van der Waals surface area contributed by atoms with Crippen LogP contribution in [0.15, 0.2) is 6.33 Å². The number of halogens is 2. The van der Waals surface area contributed by atoms with Gasteiger partial charge in [0.25, 0.3) is 0 Å². The normalized spacial score (nSPS) is 17.4. The van der Waals surface area contributed by atoms with Gasteiger partial charge in [0.1, 0.15) is 17.8 Å². The molecule has 7 nitrogen and oxygen atoms in total. The largest absolute Gasteiger partial charge is 0.387 e. The second-order valence-corrected chi connectivity index (χ2v) is 6.16. The average Bonchev–Trinajstić information content (AvgIpc) is 2.89. The van der Waals surface area contributed by atoms with Crippen molar-refractivity contribution in [3.8, 4) is 0 Å². The number of nitrogen functional groups attached to an aromatic ring is 1. The van der Waals surface area contributed by atoms with Crippen molar-refractivity contribution in [1.29, 1.82) is 0 Å². The maximum Gasteiger partial charge on any atom is 0.226 e.